The van der Waals surface area contributed by atoms with Crippen LogP contribution in [0.1, 0.15) is 0 Å². The molecule has 0 spiro atoms. The van der Waals surface area contributed by atoms with Crippen molar-refractivity contribution < 1.29 is 0 Å². The van der Waals surface area contributed by atoms with Gasteiger partial charge in [0.1, 0.15) is 0 Å². The van der Waals surface area contributed by atoms with E-state index in [1.165, 1.54) is 116 Å². The van der Waals surface area contributed by atoms with Crippen LogP contribution in [0.4, 0.5) is 0 Å². The molecule has 0 atom stereocenters. The SMILES string of the molecule is c1ccc(-c2c3c(c(-c4ccccc4)c4ccccc24)-c2ccc(-c4ccc5c(c4)-c4cccc6c(-c7ccccn7)ccc-5c46)c4cccc-3c24)cc1. The lowest BCUT2D eigenvalue weighted by Crippen LogP contribution is -1.93. The van der Waals surface area contributed by atoms with Gasteiger partial charge in [-0.05, 0) is 128 Å². The minimum atomic E-state index is 1.01. The normalized spacial score (nSPS) is 12.1. The summed E-state index contributed by atoms with van der Waals surface area (Å²) in [5.41, 5.74) is 20.2. The largest absolute Gasteiger partial charge is 0.256 e. The smallest absolute Gasteiger partial charge is 0.0708 e. The Morgan fingerprint density at radius 2 is 0.759 bits per heavy atom. The number of aromatic nitrogens is 1. The molecule has 12 rings (SSSR count). The Balaban J connectivity index is 1.10. The molecule has 0 bridgehead atoms. The monoisotopic (exact) mass is 681 g/mol. The topological polar surface area (TPSA) is 12.9 Å². The Morgan fingerprint density at radius 1 is 0.259 bits per heavy atom. The first-order valence-electron chi connectivity index (χ1n) is 18.7. The Hall–Kier alpha value is -7.09. The average molecular weight is 682 g/mol. The first kappa shape index (κ1) is 29.5. The van der Waals surface area contributed by atoms with Crippen molar-refractivity contribution in [2.24, 2.45) is 0 Å². The van der Waals surface area contributed by atoms with Crippen molar-refractivity contribution in [2.45, 2.75) is 0 Å². The molecule has 0 fully saturated rings. The molecule has 10 aromatic rings. The van der Waals surface area contributed by atoms with Gasteiger partial charge in [-0.3, -0.25) is 4.98 Å². The van der Waals surface area contributed by atoms with Crippen LogP contribution in [0.5, 0.6) is 0 Å². The number of rotatable bonds is 4. The third kappa shape index (κ3) is 4.01. The van der Waals surface area contributed by atoms with Crippen LogP contribution in [-0.4, -0.2) is 4.98 Å². The van der Waals surface area contributed by atoms with Crippen LogP contribution in [0.25, 0.3) is 121 Å². The molecule has 1 nitrogen and oxygen atoms in total. The van der Waals surface area contributed by atoms with Crippen molar-refractivity contribution in [3.05, 3.63) is 188 Å². The molecule has 9 aromatic carbocycles. The summed E-state index contributed by atoms with van der Waals surface area (Å²) in [6.07, 6.45) is 1.88. The fourth-order valence-corrected chi connectivity index (χ4v) is 9.63. The number of benzene rings is 9. The van der Waals surface area contributed by atoms with Crippen molar-refractivity contribution >= 4 is 32.3 Å². The lowest BCUT2D eigenvalue weighted by Gasteiger charge is -2.20. The second-order valence-corrected chi connectivity index (χ2v) is 14.5. The first-order valence-corrected chi connectivity index (χ1v) is 18.7. The molecule has 0 radical (unpaired) electrons. The number of pyridine rings is 1. The molecule has 0 aliphatic heterocycles. The minimum Gasteiger partial charge on any atom is -0.256 e. The fraction of sp³-hybridized carbons (Fsp3) is 0. The number of hydrogen-bond acceptors (Lipinski definition) is 1. The summed E-state index contributed by atoms with van der Waals surface area (Å²) < 4.78 is 0. The highest BCUT2D eigenvalue weighted by atomic mass is 14.7. The molecule has 1 heteroatoms. The van der Waals surface area contributed by atoms with E-state index in [0.29, 0.717) is 0 Å². The second-order valence-electron chi connectivity index (χ2n) is 14.5. The molecule has 2 aliphatic carbocycles. The van der Waals surface area contributed by atoms with Crippen molar-refractivity contribution in [2.75, 3.05) is 0 Å². The van der Waals surface area contributed by atoms with Gasteiger partial charge < -0.3 is 0 Å². The lowest BCUT2D eigenvalue weighted by molar-refractivity contribution is 1.33. The molecule has 2 aliphatic rings. The van der Waals surface area contributed by atoms with Crippen LogP contribution in [0.3, 0.4) is 0 Å². The van der Waals surface area contributed by atoms with E-state index in [1.807, 2.05) is 12.3 Å². The van der Waals surface area contributed by atoms with Gasteiger partial charge >= 0.3 is 0 Å². The standard InChI is InChI=1S/C53H31N/c1-3-13-32(14-4-1)48-40-17-7-8-18-41(40)49(33-15-5-2-6-16-33)53-45-29-26-35(38-19-12-22-44(51(38)45)52(48)53)34-24-25-36-43-28-27-37(47-23-9-10-30-54-47)39-20-11-21-42(50(39)43)46(36)31-34/h1-31H. The first-order chi connectivity index (χ1) is 26.8. The van der Waals surface area contributed by atoms with Gasteiger partial charge in [0.05, 0.1) is 5.69 Å². The van der Waals surface area contributed by atoms with Crippen LogP contribution in [0.15, 0.2) is 188 Å². The summed E-state index contributed by atoms with van der Waals surface area (Å²) in [7, 11) is 0. The van der Waals surface area contributed by atoms with E-state index in [-0.39, 0.29) is 0 Å². The van der Waals surface area contributed by atoms with Gasteiger partial charge in [0.15, 0.2) is 0 Å². The quantitative estimate of drug-likeness (QED) is 0.180. The third-order valence-electron chi connectivity index (χ3n) is 11.8. The van der Waals surface area contributed by atoms with Crippen molar-refractivity contribution in [3.8, 4) is 89.1 Å². The number of hydrogen-bond donors (Lipinski definition) is 0. The molecular formula is C53H31N. The number of nitrogens with zero attached hydrogens (tertiary/aromatic N) is 1. The summed E-state index contributed by atoms with van der Waals surface area (Å²) in [6.45, 7) is 0. The van der Waals surface area contributed by atoms with Crippen LogP contribution in [0.2, 0.25) is 0 Å². The molecule has 1 aromatic heterocycles. The van der Waals surface area contributed by atoms with Crippen LogP contribution >= 0.6 is 0 Å². The van der Waals surface area contributed by atoms with Crippen LogP contribution in [-0.2, 0) is 0 Å². The molecule has 1 heterocycles. The maximum Gasteiger partial charge on any atom is 0.0708 e. The maximum absolute atomic E-state index is 4.71. The predicted molar refractivity (Wildman–Crippen MR) is 227 cm³/mol. The molecule has 0 unspecified atom stereocenters. The van der Waals surface area contributed by atoms with Gasteiger partial charge in [0.25, 0.3) is 0 Å². The molecule has 54 heavy (non-hydrogen) atoms. The van der Waals surface area contributed by atoms with Crippen molar-refractivity contribution in [1.29, 1.82) is 0 Å². The highest BCUT2D eigenvalue weighted by Crippen LogP contribution is 2.59. The van der Waals surface area contributed by atoms with E-state index in [4.69, 9.17) is 4.98 Å². The van der Waals surface area contributed by atoms with E-state index >= 15 is 0 Å². The zero-order valence-electron chi connectivity index (χ0n) is 29.3. The van der Waals surface area contributed by atoms with Gasteiger partial charge in [-0.2, -0.15) is 0 Å². The summed E-state index contributed by atoms with van der Waals surface area (Å²) in [6, 6.07) is 67.1. The zero-order chi connectivity index (χ0) is 35.3. The van der Waals surface area contributed by atoms with Gasteiger partial charge in [-0.1, -0.05) is 164 Å². The second kappa shape index (κ2) is 11.2. The molecule has 0 N–H and O–H groups in total. The Bertz CT molecular complexity index is 3090. The molecule has 0 saturated heterocycles. The molecular weight excluding hydrogens is 651 g/mol. The summed E-state index contributed by atoms with van der Waals surface area (Å²) in [4.78, 5) is 4.71. The Morgan fingerprint density at radius 3 is 1.44 bits per heavy atom. The lowest BCUT2D eigenvalue weighted by atomic mass is 9.82. The van der Waals surface area contributed by atoms with Gasteiger partial charge in [0.2, 0.25) is 0 Å². The summed E-state index contributed by atoms with van der Waals surface area (Å²) in [5.74, 6) is 0. The summed E-state index contributed by atoms with van der Waals surface area (Å²) in [5, 5.41) is 7.75. The van der Waals surface area contributed by atoms with Gasteiger partial charge in [-0.25, -0.2) is 0 Å². The van der Waals surface area contributed by atoms with Crippen molar-refractivity contribution in [3.63, 3.8) is 0 Å². The van der Waals surface area contributed by atoms with E-state index in [0.717, 1.165) is 5.69 Å². The molecule has 0 saturated carbocycles. The average Bonchev–Trinajstić information content (AvgIpc) is 3.75. The van der Waals surface area contributed by atoms with Crippen LogP contribution < -0.4 is 0 Å². The van der Waals surface area contributed by atoms with Crippen molar-refractivity contribution in [1.82, 2.24) is 4.98 Å². The van der Waals surface area contributed by atoms with E-state index < -0.39 is 0 Å². The minimum absolute atomic E-state index is 1.01. The van der Waals surface area contributed by atoms with Gasteiger partial charge in [0, 0.05) is 11.8 Å². The highest BCUT2D eigenvalue weighted by Gasteiger charge is 2.31. The predicted octanol–water partition coefficient (Wildman–Crippen LogP) is 14.5. The maximum atomic E-state index is 4.71. The van der Waals surface area contributed by atoms with E-state index in [9.17, 15) is 0 Å². The van der Waals surface area contributed by atoms with Gasteiger partial charge in [-0.15, -0.1) is 0 Å². The van der Waals surface area contributed by atoms with Crippen LogP contribution in [0, 0.1) is 0 Å². The molecule has 0 amide bonds. The number of fused-ring (bicyclic) bond motifs is 7. The molecule has 248 valence electrons. The van der Waals surface area contributed by atoms with E-state index in [2.05, 4.69) is 176 Å². The summed E-state index contributed by atoms with van der Waals surface area (Å²) >= 11 is 0. The third-order valence-corrected chi connectivity index (χ3v) is 11.8. The fourth-order valence-electron chi connectivity index (χ4n) is 9.63. The van der Waals surface area contributed by atoms with E-state index in [1.54, 1.807) is 0 Å². The highest BCUT2D eigenvalue weighted by molar-refractivity contribution is 6.29. The Kier molecular flexibility index (Phi) is 6.12. The Labute approximate surface area is 313 Å². The zero-order valence-corrected chi connectivity index (χ0v) is 29.3.